The molecule has 1 aromatic carbocycles. The standard InChI is InChI=1S/C25H32N6O2.HI/c1-2-26-25(29-19-12-17-30(18-13-19)22-11-5-6-14-27-22)28-15-7-8-16-31-23(32)20-9-3-4-10-21(20)24(31)33;/h3-6,9-11,14,19H,2,7-8,12-13,15-18H2,1H3,(H2,26,28,29);1H. The topological polar surface area (TPSA) is 89.9 Å². The van der Waals surface area contributed by atoms with Gasteiger partial charge in [-0.15, -0.1) is 24.0 Å². The summed E-state index contributed by atoms with van der Waals surface area (Å²) in [7, 11) is 0. The number of anilines is 1. The van der Waals surface area contributed by atoms with E-state index in [1.54, 1.807) is 24.3 Å². The summed E-state index contributed by atoms with van der Waals surface area (Å²) < 4.78 is 0. The fourth-order valence-electron chi connectivity index (χ4n) is 4.32. The zero-order valence-electron chi connectivity index (χ0n) is 19.6. The molecule has 0 spiro atoms. The van der Waals surface area contributed by atoms with Crippen LogP contribution in [0.5, 0.6) is 0 Å². The molecule has 2 aliphatic rings. The van der Waals surface area contributed by atoms with Gasteiger partial charge in [0, 0.05) is 45.0 Å². The summed E-state index contributed by atoms with van der Waals surface area (Å²) in [6.45, 7) is 5.86. The number of halogens is 1. The van der Waals surface area contributed by atoms with Gasteiger partial charge in [0.25, 0.3) is 11.8 Å². The third-order valence-electron chi connectivity index (χ3n) is 6.09. The Kier molecular flexibility index (Phi) is 9.67. The van der Waals surface area contributed by atoms with Crippen LogP contribution < -0.4 is 15.5 Å². The van der Waals surface area contributed by atoms with E-state index in [0.717, 1.165) is 57.1 Å². The van der Waals surface area contributed by atoms with Gasteiger partial charge in [0.05, 0.1) is 11.1 Å². The summed E-state index contributed by atoms with van der Waals surface area (Å²) in [4.78, 5) is 37.7. The van der Waals surface area contributed by atoms with Crippen LogP contribution in [0.4, 0.5) is 5.82 Å². The van der Waals surface area contributed by atoms with E-state index in [1.807, 2.05) is 18.3 Å². The molecule has 8 nitrogen and oxygen atoms in total. The van der Waals surface area contributed by atoms with Gasteiger partial charge in [-0.3, -0.25) is 19.5 Å². The van der Waals surface area contributed by atoms with Gasteiger partial charge in [0.1, 0.15) is 5.82 Å². The number of guanidine groups is 1. The highest BCUT2D eigenvalue weighted by Crippen LogP contribution is 2.22. The summed E-state index contributed by atoms with van der Waals surface area (Å²) in [5, 5.41) is 6.89. The molecule has 2 N–H and O–H groups in total. The molecule has 2 aromatic rings. The van der Waals surface area contributed by atoms with E-state index in [0.29, 0.717) is 30.3 Å². The third-order valence-corrected chi connectivity index (χ3v) is 6.09. The van der Waals surface area contributed by atoms with E-state index < -0.39 is 0 Å². The predicted molar refractivity (Wildman–Crippen MR) is 145 cm³/mol. The van der Waals surface area contributed by atoms with Gasteiger partial charge >= 0.3 is 0 Å². The van der Waals surface area contributed by atoms with Gasteiger partial charge in [-0.2, -0.15) is 0 Å². The Hall–Kier alpha value is -2.69. The maximum atomic E-state index is 12.4. The number of nitrogens with zero attached hydrogens (tertiary/aromatic N) is 4. The number of hydrogen-bond donors (Lipinski definition) is 2. The minimum Gasteiger partial charge on any atom is -0.357 e. The summed E-state index contributed by atoms with van der Waals surface area (Å²) in [5.41, 5.74) is 1.02. The largest absolute Gasteiger partial charge is 0.357 e. The maximum Gasteiger partial charge on any atom is 0.261 e. The number of fused-ring (bicyclic) bond motifs is 1. The Bertz CT molecular complexity index is 957. The number of hydrogen-bond acceptors (Lipinski definition) is 5. The van der Waals surface area contributed by atoms with Crippen molar-refractivity contribution in [2.45, 2.75) is 38.6 Å². The van der Waals surface area contributed by atoms with E-state index in [2.05, 4.69) is 33.5 Å². The molecule has 0 atom stereocenters. The maximum absolute atomic E-state index is 12.4. The Labute approximate surface area is 218 Å². The fraction of sp³-hybridized carbons (Fsp3) is 0.440. The summed E-state index contributed by atoms with van der Waals surface area (Å²) >= 11 is 0. The first kappa shape index (κ1) is 25.9. The molecule has 0 unspecified atom stereocenters. The number of pyridine rings is 1. The second-order valence-electron chi connectivity index (χ2n) is 8.37. The Balaban J connectivity index is 0.00000324. The van der Waals surface area contributed by atoms with Gasteiger partial charge in [0.2, 0.25) is 0 Å². The molecular formula is C25H33IN6O2. The number of carbonyl (C=O) groups excluding carboxylic acids is 2. The van der Waals surface area contributed by atoms with Gasteiger partial charge in [-0.25, -0.2) is 4.98 Å². The van der Waals surface area contributed by atoms with Crippen molar-refractivity contribution in [2.75, 3.05) is 37.6 Å². The summed E-state index contributed by atoms with van der Waals surface area (Å²) in [5.74, 6) is 1.49. The summed E-state index contributed by atoms with van der Waals surface area (Å²) in [6, 6.07) is 13.4. The van der Waals surface area contributed by atoms with Crippen LogP contribution in [0.1, 0.15) is 53.3 Å². The number of amides is 2. The normalized spacial score (nSPS) is 16.3. The van der Waals surface area contributed by atoms with Crippen LogP contribution >= 0.6 is 24.0 Å². The van der Waals surface area contributed by atoms with Gasteiger partial charge in [0.15, 0.2) is 5.96 Å². The van der Waals surface area contributed by atoms with Crippen molar-refractivity contribution in [2.24, 2.45) is 4.99 Å². The van der Waals surface area contributed by atoms with Crippen LogP contribution in [-0.2, 0) is 0 Å². The summed E-state index contributed by atoms with van der Waals surface area (Å²) in [6.07, 6.45) is 5.43. The lowest BCUT2D eigenvalue weighted by Crippen LogP contribution is -2.49. The molecule has 9 heteroatoms. The third kappa shape index (κ3) is 6.25. The lowest BCUT2D eigenvalue weighted by molar-refractivity contribution is 0.0652. The second-order valence-corrected chi connectivity index (χ2v) is 8.37. The molecular weight excluding hydrogens is 543 g/mol. The second kappa shape index (κ2) is 12.7. The molecule has 2 aliphatic heterocycles. The highest BCUT2D eigenvalue weighted by atomic mass is 127. The fourth-order valence-corrected chi connectivity index (χ4v) is 4.32. The Morgan fingerprint density at radius 2 is 1.71 bits per heavy atom. The van der Waals surface area contributed by atoms with E-state index in [-0.39, 0.29) is 35.8 Å². The Morgan fingerprint density at radius 3 is 2.32 bits per heavy atom. The number of nitrogens with one attached hydrogen (secondary N) is 2. The van der Waals surface area contributed by atoms with Gasteiger partial charge < -0.3 is 15.5 Å². The molecule has 2 amide bonds. The average Bonchev–Trinajstić information content (AvgIpc) is 3.10. The van der Waals surface area contributed by atoms with Crippen LogP contribution in [-0.4, -0.2) is 66.4 Å². The van der Waals surface area contributed by atoms with Crippen LogP contribution in [0.15, 0.2) is 53.7 Å². The van der Waals surface area contributed by atoms with Crippen LogP contribution in [0, 0.1) is 0 Å². The molecule has 0 radical (unpaired) electrons. The monoisotopic (exact) mass is 576 g/mol. The quantitative estimate of drug-likeness (QED) is 0.165. The van der Waals surface area contributed by atoms with Crippen molar-refractivity contribution < 1.29 is 9.59 Å². The lowest BCUT2D eigenvalue weighted by Gasteiger charge is -2.33. The molecule has 1 aromatic heterocycles. The molecule has 182 valence electrons. The molecule has 0 bridgehead atoms. The van der Waals surface area contributed by atoms with Crippen molar-refractivity contribution >= 4 is 47.6 Å². The highest BCUT2D eigenvalue weighted by molar-refractivity contribution is 14.0. The number of imide groups is 1. The van der Waals surface area contributed by atoms with Crippen LogP contribution in [0.3, 0.4) is 0 Å². The van der Waals surface area contributed by atoms with E-state index >= 15 is 0 Å². The number of rotatable bonds is 8. The van der Waals surface area contributed by atoms with Crippen LogP contribution in [0.25, 0.3) is 0 Å². The number of carbonyl (C=O) groups is 2. The molecule has 0 saturated carbocycles. The highest BCUT2D eigenvalue weighted by Gasteiger charge is 2.34. The number of benzene rings is 1. The van der Waals surface area contributed by atoms with Gasteiger partial charge in [-0.1, -0.05) is 18.2 Å². The smallest absolute Gasteiger partial charge is 0.261 e. The first-order valence-corrected chi connectivity index (χ1v) is 11.8. The average molecular weight is 576 g/mol. The minimum atomic E-state index is -0.189. The van der Waals surface area contributed by atoms with Crippen molar-refractivity contribution in [3.63, 3.8) is 0 Å². The number of piperidine rings is 1. The van der Waals surface area contributed by atoms with E-state index in [1.165, 1.54) is 4.90 Å². The molecule has 4 rings (SSSR count). The number of aromatic nitrogens is 1. The van der Waals surface area contributed by atoms with E-state index in [9.17, 15) is 9.59 Å². The first-order valence-electron chi connectivity index (χ1n) is 11.8. The molecule has 34 heavy (non-hydrogen) atoms. The van der Waals surface area contributed by atoms with Crippen molar-refractivity contribution in [3.8, 4) is 0 Å². The Morgan fingerprint density at radius 1 is 1.03 bits per heavy atom. The molecule has 1 saturated heterocycles. The van der Waals surface area contributed by atoms with Gasteiger partial charge in [-0.05, 0) is 56.9 Å². The zero-order valence-corrected chi connectivity index (χ0v) is 21.9. The number of aliphatic imine (C=N–C) groups is 1. The lowest BCUT2D eigenvalue weighted by atomic mass is 10.1. The number of unbranched alkanes of at least 4 members (excludes halogenated alkanes) is 1. The predicted octanol–water partition coefficient (Wildman–Crippen LogP) is 3.30. The van der Waals surface area contributed by atoms with Crippen LogP contribution in [0.2, 0.25) is 0 Å². The molecule has 1 fully saturated rings. The minimum absolute atomic E-state index is 0. The SMILES string of the molecule is CCNC(=NCCCCN1C(=O)c2ccccc2C1=O)NC1CCN(c2ccccn2)CC1.I. The van der Waals surface area contributed by atoms with E-state index in [4.69, 9.17) is 4.99 Å². The molecule has 0 aliphatic carbocycles. The zero-order chi connectivity index (χ0) is 23.0. The van der Waals surface area contributed by atoms with Crippen molar-refractivity contribution in [3.05, 3.63) is 59.8 Å². The van der Waals surface area contributed by atoms with Crippen molar-refractivity contribution in [1.29, 1.82) is 0 Å². The molecule has 3 heterocycles. The van der Waals surface area contributed by atoms with Crippen molar-refractivity contribution in [1.82, 2.24) is 20.5 Å². The first-order chi connectivity index (χ1) is 16.2.